The van der Waals surface area contributed by atoms with E-state index in [9.17, 15) is 5.11 Å². The van der Waals surface area contributed by atoms with Crippen LogP contribution in [0.25, 0.3) is 0 Å². The zero-order valence-corrected chi connectivity index (χ0v) is 11.7. The zero-order chi connectivity index (χ0) is 14.2. The fraction of sp³-hybridized carbons (Fsp3) is 0.375. The molecule has 0 aliphatic rings. The van der Waals surface area contributed by atoms with E-state index in [1.54, 1.807) is 6.20 Å². The molecule has 2 unspecified atom stereocenters. The summed E-state index contributed by atoms with van der Waals surface area (Å²) < 4.78 is 0. The van der Waals surface area contributed by atoms with Crippen LogP contribution in [-0.4, -0.2) is 27.7 Å². The van der Waals surface area contributed by atoms with Crippen LogP contribution in [0.5, 0.6) is 0 Å². The fourth-order valence-corrected chi connectivity index (χ4v) is 2.03. The average molecular weight is 271 g/mol. The Balaban J connectivity index is 1.71. The number of hydrogen-bond donors (Lipinski definition) is 2. The summed E-state index contributed by atoms with van der Waals surface area (Å²) in [5.41, 5.74) is 2.00. The third-order valence-electron chi connectivity index (χ3n) is 3.30. The number of hydrogen-bond acceptors (Lipinski definition) is 4. The van der Waals surface area contributed by atoms with Crippen LogP contribution in [0.1, 0.15) is 30.7 Å². The Kier molecular flexibility index (Phi) is 5.65. The number of pyridine rings is 2. The van der Waals surface area contributed by atoms with E-state index in [1.165, 1.54) is 5.56 Å². The minimum absolute atomic E-state index is 0.349. The number of nitrogens with zero attached hydrogens (tertiary/aromatic N) is 2. The predicted octanol–water partition coefficient (Wildman–Crippen LogP) is 2.12. The van der Waals surface area contributed by atoms with Crippen molar-refractivity contribution in [3.05, 3.63) is 60.2 Å². The molecule has 106 valence electrons. The van der Waals surface area contributed by atoms with Gasteiger partial charge in [-0.2, -0.15) is 0 Å². The number of aryl methyl sites for hydroxylation is 1. The Labute approximate surface area is 119 Å². The van der Waals surface area contributed by atoms with Crippen LogP contribution in [0.15, 0.2) is 48.9 Å². The van der Waals surface area contributed by atoms with Gasteiger partial charge in [0.25, 0.3) is 0 Å². The summed E-state index contributed by atoms with van der Waals surface area (Å²) in [7, 11) is 0. The largest absolute Gasteiger partial charge is 0.385 e. The lowest BCUT2D eigenvalue weighted by Crippen LogP contribution is -2.31. The van der Waals surface area contributed by atoms with E-state index in [2.05, 4.69) is 22.2 Å². The topological polar surface area (TPSA) is 58.0 Å². The minimum Gasteiger partial charge on any atom is -0.385 e. The third-order valence-corrected chi connectivity index (χ3v) is 3.30. The standard InChI is InChI=1S/C16H21N3O/c1-13(5-6-14-7-10-17-11-8-14)19-12-16(20)15-4-2-3-9-18-15/h2-4,7-11,13,16,19-20H,5-6,12H2,1H3. The van der Waals surface area contributed by atoms with Gasteiger partial charge >= 0.3 is 0 Å². The molecule has 0 fully saturated rings. The van der Waals surface area contributed by atoms with E-state index in [0.717, 1.165) is 12.8 Å². The molecule has 2 aromatic rings. The van der Waals surface area contributed by atoms with Crippen LogP contribution in [0.4, 0.5) is 0 Å². The van der Waals surface area contributed by atoms with E-state index in [-0.39, 0.29) is 0 Å². The van der Waals surface area contributed by atoms with E-state index >= 15 is 0 Å². The van der Waals surface area contributed by atoms with E-state index in [4.69, 9.17) is 0 Å². The molecular formula is C16H21N3O. The first-order chi connectivity index (χ1) is 9.75. The normalized spacial score (nSPS) is 13.9. The second kappa shape index (κ2) is 7.72. The van der Waals surface area contributed by atoms with Gasteiger partial charge in [-0.25, -0.2) is 0 Å². The number of aromatic nitrogens is 2. The van der Waals surface area contributed by atoms with Gasteiger partial charge in [0, 0.05) is 31.2 Å². The molecule has 20 heavy (non-hydrogen) atoms. The van der Waals surface area contributed by atoms with Crippen LogP contribution < -0.4 is 5.32 Å². The van der Waals surface area contributed by atoms with Crippen LogP contribution in [0.2, 0.25) is 0 Å². The second-order valence-corrected chi connectivity index (χ2v) is 4.97. The third kappa shape index (κ3) is 4.72. The fourth-order valence-electron chi connectivity index (χ4n) is 2.03. The van der Waals surface area contributed by atoms with Gasteiger partial charge < -0.3 is 10.4 Å². The first kappa shape index (κ1) is 14.6. The number of aliphatic hydroxyl groups is 1. The lowest BCUT2D eigenvalue weighted by molar-refractivity contribution is 0.165. The van der Waals surface area contributed by atoms with E-state index < -0.39 is 6.10 Å². The molecule has 0 saturated heterocycles. The van der Waals surface area contributed by atoms with Crippen LogP contribution in [0.3, 0.4) is 0 Å². The lowest BCUT2D eigenvalue weighted by Gasteiger charge is -2.16. The zero-order valence-electron chi connectivity index (χ0n) is 11.7. The van der Waals surface area contributed by atoms with Crippen molar-refractivity contribution in [3.8, 4) is 0 Å². The molecule has 0 aliphatic heterocycles. The number of aliphatic hydroxyl groups excluding tert-OH is 1. The summed E-state index contributed by atoms with van der Waals surface area (Å²) in [6.45, 7) is 2.65. The van der Waals surface area contributed by atoms with E-state index in [0.29, 0.717) is 18.3 Å². The molecule has 0 saturated carbocycles. The molecule has 4 heteroatoms. The smallest absolute Gasteiger partial charge is 0.108 e. The summed E-state index contributed by atoms with van der Waals surface area (Å²) in [4.78, 5) is 8.16. The van der Waals surface area contributed by atoms with Gasteiger partial charge in [-0.1, -0.05) is 6.07 Å². The van der Waals surface area contributed by atoms with Gasteiger partial charge in [0.05, 0.1) is 5.69 Å². The summed E-state index contributed by atoms with van der Waals surface area (Å²) in [6, 6.07) is 10.00. The van der Waals surface area contributed by atoms with Crippen molar-refractivity contribution < 1.29 is 5.11 Å². The van der Waals surface area contributed by atoms with Crippen molar-refractivity contribution in [3.63, 3.8) is 0 Å². The summed E-state index contributed by atoms with van der Waals surface area (Å²) in [5.74, 6) is 0. The minimum atomic E-state index is -0.556. The van der Waals surface area contributed by atoms with Crippen molar-refractivity contribution >= 4 is 0 Å². The maximum absolute atomic E-state index is 10.0. The predicted molar refractivity (Wildman–Crippen MR) is 79.2 cm³/mol. The van der Waals surface area contributed by atoms with Crippen molar-refractivity contribution in [2.75, 3.05) is 6.54 Å². The van der Waals surface area contributed by atoms with Crippen LogP contribution >= 0.6 is 0 Å². The SMILES string of the molecule is CC(CCc1ccncc1)NCC(O)c1ccccn1. The first-order valence-electron chi connectivity index (χ1n) is 6.97. The van der Waals surface area contributed by atoms with Gasteiger partial charge in [-0.15, -0.1) is 0 Å². The van der Waals surface area contributed by atoms with Crippen molar-refractivity contribution in [2.45, 2.75) is 31.9 Å². The Morgan fingerprint density at radius 3 is 2.65 bits per heavy atom. The number of rotatable bonds is 7. The van der Waals surface area contributed by atoms with Gasteiger partial charge in [0.15, 0.2) is 0 Å². The molecular weight excluding hydrogens is 250 g/mol. The highest BCUT2D eigenvalue weighted by molar-refractivity contribution is 5.10. The highest BCUT2D eigenvalue weighted by atomic mass is 16.3. The molecule has 2 atom stereocenters. The molecule has 0 amide bonds. The molecule has 0 bridgehead atoms. The van der Waals surface area contributed by atoms with Gasteiger partial charge in [-0.3, -0.25) is 9.97 Å². The molecule has 0 aliphatic carbocycles. The van der Waals surface area contributed by atoms with E-state index in [1.807, 2.05) is 42.7 Å². The summed E-state index contributed by atoms with van der Waals surface area (Å²) in [6.07, 6.45) is 6.82. The Bertz CT molecular complexity index is 490. The Morgan fingerprint density at radius 2 is 1.95 bits per heavy atom. The molecule has 4 nitrogen and oxygen atoms in total. The molecule has 0 spiro atoms. The van der Waals surface area contributed by atoms with Gasteiger partial charge in [0.2, 0.25) is 0 Å². The van der Waals surface area contributed by atoms with Crippen molar-refractivity contribution in [1.29, 1.82) is 0 Å². The summed E-state index contributed by atoms with van der Waals surface area (Å²) >= 11 is 0. The van der Waals surface area contributed by atoms with Crippen molar-refractivity contribution in [1.82, 2.24) is 15.3 Å². The highest BCUT2D eigenvalue weighted by Crippen LogP contribution is 2.09. The molecule has 0 radical (unpaired) electrons. The first-order valence-corrected chi connectivity index (χ1v) is 6.97. The molecule has 2 aromatic heterocycles. The molecule has 2 heterocycles. The average Bonchev–Trinajstić information content (AvgIpc) is 2.52. The second-order valence-electron chi connectivity index (χ2n) is 4.97. The Morgan fingerprint density at radius 1 is 1.15 bits per heavy atom. The van der Waals surface area contributed by atoms with Crippen LogP contribution in [0, 0.1) is 0 Å². The summed E-state index contributed by atoms with van der Waals surface area (Å²) in [5, 5.41) is 13.4. The molecule has 2 rings (SSSR count). The van der Waals surface area contributed by atoms with Crippen LogP contribution in [-0.2, 0) is 6.42 Å². The quantitative estimate of drug-likeness (QED) is 0.810. The Hall–Kier alpha value is -1.78. The maximum atomic E-state index is 10.0. The van der Waals surface area contributed by atoms with Crippen molar-refractivity contribution in [2.24, 2.45) is 0 Å². The maximum Gasteiger partial charge on any atom is 0.108 e. The molecule has 2 N–H and O–H groups in total. The monoisotopic (exact) mass is 271 g/mol. The van der Waals surface area contributed by atoms with Gasteiger partial charge in [-0.05, 0) is 49.6 Å². The number of nitrogens with one attached hydrogen (secondary N) is 1. The highest BCUT2D eigenvalue weighted by Gasteiger charge is 2.10. The lowest BCUT2D eigenvalue weighted by atomic mass is 10.1. The van der Waals surface area contributed by atoms with Gasteiger partial charge in [0.1, 0.15) is 6.10 Å². The molecule has 0 aromatic carbocycles.